The maximum atomic E-state index is 11.8. The molecule has 0 spiro atoms. The van der Waals surface area contributed by atoms with Crippen LogP contribution in [-0.4, -0.2) is 18.2 Å². The molecule has 3 heteroatoms. The van der Waals surface area contributed by atoms with Crippen LogP contribution in [-0.2, 0) is 16.0 Å². The van der Waals surface area contributed by atoms with E-state index in [4.69, 9.17) is 0 Å². The molecule has 0 saturated carbocycles. The highest BCUT2D eigenvalue weighted by Gasteiger charge is 2.21. The van der Waals surface area contributed by atoms with Gasteiger partial charge < -0.3 is 5.32 Å². The monoisotopic (exact) mass is 247 g/mol. The van der Waals surface area contributed by atoms with Crippen molar-refractivity contribution in [2.75, 3.05) is 6.54 Å². The summed E-state index contributed by atoms with van der Waals surface area (Å²) in [6.07, 6.45) is 2.27. The lowest BCUT2D eigenvalue weighted by Gasteiger charge is -2.13. The second-order valence-corrected chi connectivity index (χ2v) is 4.48. The topological polar surface area (TPSA) is 46.2 Å². The van der Waals surface area contributed by atoms with Crippen molar-refractivity contribution in [1.82, 2.24) is 5.32 Å². The molecule has 0 aromatic heterocycles. The third kappa shape index (κ3) is 4.70. The van der Waals surface area contributed by atoms with E-state index in [0.717, 1.165) is 12.8 Å². The van der Waals surface area contributed by atoms with Gasteiger partial charge in [-0.1, -0.05) is 43.7 Å². The normalized spacial score (nSPS) is 11.9. The van der Waals surface area contributed by atoms with Gasteiger partial charge in [0.2, 0.25) is 5.91 Å². The summed E-state index contributed by atoms with van der Waals surface area (Å²) in [4.78, 5) is 23.2. The Bertz CT molecular complexity index is 387. The van der Waals surface area contributed by atoms with Crippen molar-refractivity contribution in [2.24, 2.45) is 5.92 Å². The van der Waals surface area contributed by atoms with E-state index in [0.29, 0.717) is 13.0 Å². The Morgan fingerprint density at radius 2 is 1.89 bits per heavy atom. The van der Waals surface area contributed by atoms with E-state index >= 15 is 0 Å². The van der Waals surface area contributed by atoms with Crippen LogP contribution in [0.3, 0.4) is 0 Å². The zero-order chi connectivity index (χ0) is 13.4. The highest BCUT2D eigenvalue weighted by molar-refractivity contribution is 6.00. The molecule has 0 aliphatic rings. The average Bonchev–Trinajstić information content (AvgIpc) is 2.36. The van der Waals surface area contributed by atoms with Crippen LogP contribution >= 0.6 is 0 Å². The van der Waals surface area contributed by atoms with Crippen LogP contribution in [0.2, 0.25) is 0 Å². The molecule has 1 rings (SSSR count). The molecule has 0 fully saturated rings. The predicted molar refractivity (Wildman–Crippen MR) is 72.2 cm³/mol. The minimum atomic E-state index is -0.481. The first-order chi connectivity index (χ1) is 8.65. The number of rotatable bonds is 7. The van der Waals surface area contributed by atoms with Gasteiger partial charge in [0.15, 0.2) is 0 Å². The fourth-order valence-electron chi connectivity index (χ4n) is 1.91. The zero-order valence-electron chi connectivity index (χ0n) is 11.1. The number of ketones is 1. The van der Waals surface area contributed by atoms with Gasteiger partial charge in [0.05, 0.1) is 5.92 Å². The molecular weight excluding hydrogens is 226 g/mol. The molecule has 0 aliphatic carbocycles. The SMILES string of the molecule is CCC[C@@H](C(C)=O)C(=O)NCCc1ccccc1. The van der Waals surface area contributed by atoms with Gasteiger partial charge >= 0.3 is 0 Å². The van der Waals surface area contributed by atoms with E-state index in [9.17, 15) is 9.59 Å². The Morgan fingerprint density at radius 3 is 2.44 bits per heavy atom. The molecule has 0 heterocycles. The second-order valence-electron chi connectivity index (χ2n) is 4.48. The summed E-state index contributed by atoms with van der Waals surface area (Å²) < 4.78 is 0. The summed E-state index contributed by atoms with van der Waals surface area (Å²) in [5, 5.41) is 2.84. The van der Waals surface area contributed by atoms with E-state index < -0.39 is 5.92 Å². The van der Waals surface area contributed by atoms with Crippen LogP contribution in [0.5, 0.6) is 0 Å². The van der Waals surface area contributed by atoms with Crippen molar-refractivity contribution in [3.05, 3.63) is 35.9 Å². The second kappa shape index (κ2) is 7.64. The zero-order valence-corrected chi connectivity index (χ0v) is 11.1. The summed E-state index contributed by atoms with van der Waals surface area (Å²) in [5.41, 5.74) is 1.19. The van der Waals surface area contributed by atoms with Crippen LogP contribution in [0.4, 0.5) is 0 Å². The van der Waals surface area contributed by atoms with E-state index in [1.165, 1.54) is 12.5 Å². The standard InChI is InChI=1S/C15H21NO2/c1-3-7-14(12(2)17)15(18)16-11-10-13-8-5-4-6-9-13/h4-6,8-9,14H,3,7,10-11H2,1-2H3,(H,16,18)/t14-/m0/s1. The lowest BCUT2D eigenvalue weighted by atomic mass is 9.98. The molecule has 1 N–H and O–H groups in total. The largest absolute Gasteiger partial charge is 0.355 e. The van der Waals surface area contributed by atoms with Crippen LogP contribution in [0.1, 0.15) is 32.3 Å². The van der Waals surface area contributed by atoms with Crippen LogP contribution in [0.15, 0.2) is 30.3 Å². The van der Waals surface area contributed by atoms with Crippen molar-refractivity contribution in [1.29, 1.82) is 0 Å². The average molecular weight is 247 g/mol. The maximum Gasteiger partial charge on any atom is 0.230 e. The first-order valence-electron chi connectivity index (χ1n) is 6.47. The van der Waals surface area contributed by atoms with Gasteiger partial charge in [0.1, 0.15) is 5.78 Å². The quantitative estimate of drug-likeness (QED) is 0.752. The smallest absolute Gasteiger partial charge is 0.230 e. The van der Waals surface area contributed by atoms with Crippen LogP contribution < -0.4 is 5.32 Å². The Labute approximate surface area is 109 Å². The van der Waals surface area contributed by atoms with Gasteiger partial charge in [-0.15, -0.1) is 0 Å². The minimum Gasteiger partial charge on any atom is -0.355 e. The van der Waals surface area contributed by atoms with E-state index in [1.54, 1.807) is 0 Å². The van der Waals surface area contributed by atoms with Crippen LogP contribution in [0, 0.1) is 5.92 Å². The minimum absolute atomic E-state index is 0.0472. The van der Waals surface area contributed by atoms with Gasteiger partial charge in [0.25, 0.3) is 0 Å². The lowest BCUT2D eigenvalue weighted by molar-refractivity contribution is -0.133. The molecule has 98 valence electrons. The number of carbonyl (C=O) groups is 2. The van der Waals surface area contributed by atoms with Gasteiger partial charge in [-0.05, 0) is 25.3 Å². The fourth-order valence-corrected chi connectivity index (χ4v) is 1.91. The molecule has 0 aliphatic heterocycles. The molecule has 1 amide bonds. The van der Waals surface area contributed by atoms with E-state index in [2.05, 4.69) is 5.32 Å². The van der Waals surface area contributed by atoms with Gasteiger partial charge in [-0.3, -0.25) is 9.59 Å². The first-order valence-corrected chi connectivity index (χ1v) is 6.47. The molecule has 0 saturated heterocycles. The molecule has 1 aromatic carbocycles. The fraction of sp³-hybridized carbons (Fsp3) is 0.467. The van der Waals surface area contributed by atoms with Crippen LogP contribution in [0.25, 0.3) is 0 Å². The molecule has 1 aromatic rings. The number of Topliss-reactive ketones (excluding diaryl/α,β-unsaturated/α-hetero) is 1. The molecule has 3 nitrogen and oxygen atoms in total. The third-order valence-electron chi connectivity index (χ3n) is 2.94. The Balaban J connectivity index is 2.38. The van der Waals surface area contributed by atoms with E-state index in [1.807, 2.05) is 37.3 Å². The van der Waals surface area contributed by atoms with Gasteiger partial charge in [0, 0.05) is 6.54 Å². The van der Waals surface area contributed by atoms with E-state index in [-0.39, 0.29) is 11.7 Å². The number of amides is 1. The molecule has 1 atom stereocenters. The summed E-state index contributed by atoms with van der Waals surface area (Å²) in [7, 11) is 0. The first kappa shape index (κ1) is 14.4. The van der Waals surface area contributed by atoms with Crippen molar-refractivity contribution in [2.45, 2.75) is 33.1 Å². The summed E-state index contributed by atoms with van der Waals surface area (Å²) in [6, 6.07) is 9.98. The lowest BCUT2D eigenvalue weighted by Crippen LogP contribution is -2.35. The van der Waals surface area contributed by atoms with Gasteiger partial charge in [-0.2, -0.15) is 0 Å². The maximum absolute atomic E-state index is 11.8. The van der Waals surface area contributed by atoms with Crippen molar-refractivity contribution >= 4 is 11.7 Å². The Morgan fingerprint density at radius 1 is 1.22 bits per heavy atom. The van der Waals surface area contributed by atoms with Crippen molar-refractivity contribution in [3.63, 3.8) is 0 Å². The molecular formula is C15H21NO2. The highest BCUT2D eigenvalue weighted by atomic mass is 16.2. The Hall–Kier alpha value is -1.64. The molecule has 18 heavy (non-hydrogen) atoms. The summed E-state index contributed by atoms with van der Waals surface area (Å²) in [6.45, 7) is 4.04. The predicted octanol–water partition coefficient (Wildman–Crippen LogP) is 2.35. The number of hydrogen-bond donors (Lipinski definition) is 1. The van der Waals surface area contributed by atoms with Crippen molar-refractivity contribution in [3.8, 4) is 0 Å². The highest BCUT2D eigenvalue weighted by Crippen LogP contribution is 2.08. The number of benzene rings is 1. The summed E-state index contributed by atoms with van der Waals surface area (Å²) in [5.74, 6) is -0.667. The molecule has 0 unspecified atom stereocenters. The molecule has 0 bridgehead atoms. The van der Waals surface area contributed by atoms with Crippen molar-refractivity contribution < 1.29 is 9.59 Å². The number of nitrogens with one attached hydrogen (secondary N) is 1. The summed E-state index contributed by atoms with van der Waals surface area (Å²) >= 11 is 0. The van der Waals surface area contributed by atoms with Gasteiger partial charge in [-0.25, -0.2) is 0 Å². The number of hydrogen-bond acceptors (Lipinski definition) is 2. The number of carbonyl (C=O) groups excluding carboxylic acids is 2. The third-order valence-corrected chi connectivity index (χ3v) is 2.94. The molecule has 0 radical (unpaired) electrons. The Kier molecular flexibility index (Phi) is 6.12.